The van der Waals surface area contributed by atoms with Gasteiger partial charge in [-0.1, -0.05) is 11.6 Å². The molecule has 0 spiro atoms. The van der Waals surface area contributed by atoms with Gasteiger partial charge in [-0.05, 0) is 26.0 Å². The van der Waals surface area contributed by atoms with Gasteiger partial charge in [-0.25, -0.2) is 0 Å². The zero-order chi connectivity index (χ0) is 12.3. The Balaban J connectivity index is 3.00. The standard InChI is InChI=1S/C12H17NO3/c1-8-4-5-11(15)10(6-8)12(16)13(3)9(2)7-14/h4-6,9,14-15H,7H2,1-3H3. The third kappa shape index (κ3) is 2.52. The zero-order valence-corrected chi connectivity index (χ0v) is 9.77. The molecule has 0 aromatic heterocycles. The lowest BCUT2D eigenvalue weighted by Crippen LogP contribution is -2.37. The van der Waals surface area contributed by atoms with Gasteiger partial charge >= 0.3 is 0 Å². The summed E-state index contributed by atoms with van der Waals surface area (Å²) in [6.07, 6.45) is 0. The molecule has 1 unspecified atom stereocenters. The van der Waals surface area contributed by atoms with Crippen LogP contribution in [0.4, 0.5) is 0 Å². The molecule has 1 rings (SSSR count). The average Bonchev–Trinajstić information content (AvgIpc) is 2.29. The fourth-order valence-corrected chi connectivity index (χ4v) is 1.33. The summed E-state index contributed by atoms with van der Waals surface area (Å²) in [6.45, 7) is 3.49. The number of amides is 1. The molecule has 4 nitrogen and oxygen atoms in total. The van der Waals surface area contributed by atoms with Crippen molar-refractivity contribution in [3.05, 3.63) is 29.3 Å². The third-order valence-corrected chi connectivity index (χ3v) is 2.63. The van der Waals surface area contributed by atoms with Crippen molar-refractivity contribution in [3.8, 4) is 5.75 Å². The molecular weight excluding hydrogens is 206 g/mol. The lowest BCUT2D eigenvalue weighted by atomic mass is 10.1. The van der Waals surface area contributed by atoms with Crippen LogP contribution in [0, 0.1) is 6.92 Å². The Labute approximate surface area is 95.1 Å². The van der Waals surface area contributed by atoms with Gasteiger partial charge in [0.1, 0.15) is 5.75 Å². The second-order valence-corrected chi connectivity index (χ2v) is 3.97. The molecule has 0 bridgehead atoms. The van der Waals surface area contributed by atoms with Gasteiger partial charge in [0.25, 0.3) is 5.91 Å². The number of phenols is 1. The maximum absolute atomic E-state index is 12.0. The van der Waals surface area contributed by atoms with Crippen LogP contribution >= 0.6 is 0 Å². The Morgan fingerprint density at radius 1 is 1.50 bits per heavy atom. The molecule has 2 N–H and O–H groups in total. The monoisotopic (exact) mass is 223 g/mol. The molecule has 0 radical (unpaired) electrons. The first-order valence-electron chi connectivity index (χ1n) is 5.15. The predicted molar refractivity (Wildman–Crippen MR) is 61.5 cm³/mol. The number of benzene rings is 1. The minimum absolute atomic E-state index is 0.0346. The van der Waals surface area contributed by atoms with Crippen LogP contribution < -0.4 is 0 Å². The Kier molecular flexibility index (Phi) is 3.90. The van der Waals surface area contributed by atoms with Gasteiger partial charge in [-0.3, -0.25) is 4.79 Å². The van der Waals surface area contributed by atoms with Gasteiger partial charge in [0.2, 0.25) is 0 Å². The number of nitrogens with zero attached hydrogens (tertiary/aromatic N) is 1. The molecule has 0 saturated carbocycles. The fourth-order valence-electron chi connectivity index (χ4n) is 1.33. The third-order valence-electron chi connectivity index (χ3n) is 2.63. The summed E-state index contributed by atoms with van der Waals surface area (Å²) in [5.41, 5.74) is 1.18. The van der Waals surface area contributed by atoms with E-state index in [1.807, 2.05) is 6.92 Å². The first kappa shape index (κ1) is 12.5. The number of rotatable bonds is 3. The van der Waals surface area contributed by atoms with Crippen LogP contribution in [0.15, 0.2) is 18.2 Å². The molecule has 0 fully saturated rings. The number of aromatic hydroxyl groups is 1. The van der Waals surface area contributed by atoms with Gasteiger partial charge in [0, 0.05) is 7.05 Å². The second-order valence-electron chi connectivity index (χ2n) is 3.97. The largest absolute Gasteiger partial charge is 0.507 e. The van der Waals surface area contributed by atoms with E-state index < -0.39 is 0 Å². The lowest BCUT2D eigenvalue weighted by molar-refractivity contribution is 0.0679. The first-order valence-corrected chi connectivity index (χ1v) is 5.15. The summed E-state index contributed by atoms with van der Waals surface area (Å²) in [4.78, 5) is 13.4. The van der Waals surface area contributed by atoms with E-state index in [0.717, 1.165) is 5.56 Å². The molecule has 0 aliphatic heterocycles. The molecule has 0 aliphatic rings. The normalized spacial score (nSPS) is 12.2. The predicted octanol–water partition coefficient (Wildman–Crippen LogP) is 1.15. The molecule has 4 heteroatoms. The van der Waals surface area contributed by atoms with E-state index in [-0.39, 0.29) is 29.9 Å². The van der Waals surface area contributed by atoms with Crippen molar-refractivity contribution in [3.63, 3.8) is 0 Å². The molecule has 0 aliphatic carbocycles. The van der Waals surface area contributed by atoms with Gasteiger partial charge in [-0.15, -0.1) is 0 Å². The van der Waals surface area contributed by atoms with Gasteiger partial charge in [0.05, 0.1) is 18.2 Å². The minimum Gasteiger partial charge on any atom is -0.507 e. The summed E-state index contributed by atoms with van der Waals surface area (Å²) in [5, 5.41) is 18.6. The first-order chi connectivity index (χ1) is 7.47. The molecule has 1 amide bonds. The summed E-state index contributed by atoms with van der Waals surface area (Å²) < 4.78 is 0. The molecule has 0 heterocycles. The summed E-state index contributed by atoms with van der Waals surface area (Å²) in [5.74, 6) is -0.324. The van der Waals surface area contributed by atoms with E-state index in [1.165, 1.54) is 11.0 Å². The lowest BCUT2D eigenvalue weighted by Gasteiger charge is -2.23. The number of hydrogen-bond acceptors (Lipinski definition) is 3. The highest BCUT2D eigenvalue weighted by molar-refractivity contribution is 5.97. The van der Waals surface area contributed by atoms with Crippen LogP contribution in [0.25, 0.3) is 0 Å². The summed E-state index contributed by atoms with van der Waals surface area (Å²) in [6, 6.07) is 4.60. The molecule has 1 atom stereocenters. The SMILES string of the molecule is Cc1ccc(O)c(C(=O)N(C)C(C)CO)c1. The summed E-state index contributed by atoms with van der Waals surface area (Å²) >= 11 is 0. The maximum Gasteiger partial charge on any atom is 0.257 e. The zero-order valence-electron chi connectivity index (χ0n) is 9.77. The topological polar surface area (TPSA) is 60.8 Å². The van der Waals surface area contributed by atoms with Crippen molar-refractivity contribution < 1.29 is 15.0 Å². The highest BCUT2D eigenvalue weighted by atomic mass is 16.3. The van der Waals surface area contributed by atoms with Crippen molar-refractivity contribution in [2.75, 3.05) is 13.7 Å². The number of carbonyl (C=O) groups is 1. The number of carbonyl (C=O) groups excluding carboxylic acids is 1. The minimum atomic E-state index is -0.289. The van der Waals surface area contributed by atoms with Crippen molar-refractivity contribution in [2.45, 2.75) is 19.9 Å². The maximum atomic E-state index is 12.0. The van der Waals surface area contributed by atoms with Crippen LogP contribution in [-0.4, -0.2) is 40.7 Å². The van der Waals surface area contributed by atoms with Gasteiger partial charge < -0.3 is 15.1 Å². The van der Waals surface area contributed by atoms with Crippen LogP contribution in [0.5, 0.6) is 5.75 Å². The van der Waals surface area contributed by atoms with E-state index in [4.69, 9.17) is 5.11 Å². The van der Waals surface area contributed by atoms with E-state index in [1.54, 1.807) is 26.1 Å². The number of aryl methyl sites for hydroxylation is 1. The van der Waals surface area contributed by atoms with Crippen LogP contribution in [0.2, 0.25) is 0 Å². The Hall–Kier alpha value is -1.55. The average molecular weight is 223 g/mol. The van der Waals surface area contributed by atoms with E-state index in [0.29, 0.717) is 0 Å². The molecule has 16 heavy (non-hydrogen) atoms. The highest BCUT2D eigenvalue weighted by Gasteiger charge is 2.19. The molecule has 1 aromatic rings. The molecule has 0 saturated heterocycles. The fraction of sp³-hybridized carbons (Fsp3) is 0.417. The van der Waals surface area contributed by atoms with Crippen LogP contribution in [-0.2, 0) is 0 Å². The number of likely N-dealkylation sites (N-methyl/N-ethyl adjacent to an activating group) is 1. The number of aliphatic hydroxyl groups is 1. The van der Waals surface area contributed by atoms with Crippen molar-refractivity contribution >= 4 is 5.91 Å². The quantitative estimate of drug-likeness (QED) is 0.808. The smallest absolute Gasteiger partial charge is 0.257 e. The van der Waals surface area contributed by atoms with Crippen molar-refractivity contribution in [2.24, 2.45) is 0 Å². The van der Waals surface area contributed by atoms with E-state index >= 15 is 0 Å². The Morgan fingerprint density at radius 3 is 2.69 bits per heavy atom. The van der Waals surface area contributed by atoms with E-state index in [9.17, 15) is 9.90 Å². The molecule has 88 valence electrons. The number of phenolic OH excluding ortho intramolecular Hbond substituents is 1. The number of hydrogen-bond donors (Lipinski definition) is 2. The van der Waals surface area contributed by atoms with Crippen molar-refractivity contribution in [1.29, 1.82) is 0 Å². The van der Waals surface area contributed by atoms with Crippen LogP contribution in [0.1, 0.15) is 22.8 Å². The molecular formula is C12H17NO3. The molecule has 1 aromatic carbocycles. The number of aliphatic hydroxyl groups excluding tert-OH is 1. The van der Waals surface area contributed by atoms with Crippen LogP contribution in [0.3, 0.4) is 0 Å². The Bertz CT molecular complexity index is 390. The van der Waals surface area contributed by atoms with E-state index in [2.05, 4.69) is 0 Å². The van der Waals surface area contributed by atoms with Gasteiger partial charge in [0.15, 0.2) is 0 Å². The van der Waals surface area contributed by atoms with Crippen molar-refractivity contribution in [1.82, 2.24) is 4.90 Å². The second kappa shape index (κ2) is 4.99. The summed E-state index contributed by atoms with van der Waals surface area (Å²) in [7, 11) is 1.60. The van der Waals surface area contributed by atoms with Gasteiger partial charge in [-0.2, -0.15) is 0 Å². The highest BCUT2D eigenvalue weighted by Crippen LogP contribution is 2.20. The Morgan fingerprint density at radius 2 is 2.12 bits per heavy atom.